The van der Waals surface area contributed by atoms with Gasteiger partial charge in [0.05, 0.1) is 6.54 Å². The predicted octanol–water partition coefficient (Wildman–Crippen LogP) is 4.01. The summed E-state index contributed by atoms with van der Waals surface area (Å²) in [5.74, 6) is 1.26. The van der Waals surface area contributed by atoms with E-state index >= 15 is 0 Å². The molecule has 0 saturated carbocycles. The lowest BCUT2D eigenvalue weighted by Crippen LogP contribution is -2.41. The molecular weight excluding hydrogens is 457 g/mol. The summed E-state index contributed by atoms with van der Waals surface area (Å²) in [6, 6.07) is 13.9. The Bertz CT molecular complexity index is 644. The molecule has 6 heteroatoms. The number of hydrogen-bond donors (Lipinski definition) is 3. The lowest BCUT2D eigenvalue weighted by atomic mass is 9.96. The van der Waals surface area contributed by atoms with E-state index in [0.717, 1.165) is 31.0 Å². The van der Waals surface area contributed by atoms with Crippen molar-refractivity contribution in [1.82, 2.24) is 10.6 Å². The Morgan fingerprint density at radius 2 is 1.92 bits per heavy atom. The van der Waals surface area contributed by atoms with Gasteiger partial charge in [0.1, 0.15) is 5.60 Å². The Morgan fingerprint density at radius 3 is 2.54 bits per heavy atom. The summed E-state index contributed by atoms with van der Waals surface area (Å²) in [6.07, 6.45) is 1.06. The highest BCUT2D eigenvalue weighted by Gasteiger charge is 2.22. The fourth-order valence-electron chi connectivity index (χ4n) is 2.58. The van der Waals surface area contributed by atoms with Crippen molar-refractivity contribution in [2.24, 2.45) is 10.9 Å². The van der Waals surface area contributed by atoms with Gasteiger partial charge in [0.15, 0.2) is 5.96 Å². The van der Waals surface area contributed by atoms with Gasteiger partial charge < -0.3 is 15.7 Å². The van der Waals surface area contributed by atoms with Crippen molar-refractivity contribution in [2.45, 2.75) is 32.8 Å². The summed E-state index contributed by atoms with van der Waals surface area (Å²) in [5, 5.41) is 19.4. The van der Waals surface area contributed by atoms with Crippen LogP contribution in [0.5, 0.6) is 0 Å². The normalized spacial score (nSPS) is 14.8. The monoisotopic (exact) mass is 487 g/mol. The Morgan fingerprint density at radius 1 is 1.19 bits per heavy atom. The largest absolute Gasteiger partial charge is 0.384 e. The minimum atomic E-state index is -0.980. The zero-order chi connectivity index (χ0) is 18.1. The molecule has 0 aliphatic carbocycles. The second kappa shape index (κ2) is 11.6. The number of guanidine groups is 1. The SMILES string of the molecule is CCNC(=NCC(C)(O)c1ccccc1)NCC(C)Cc1cccs1.I. The molecule has 0 radical (unpaired) electrons. The maximum absolute atomic E-state index is 10.7. The number of rotatable bonds is 8. The summed E-state index contributed by atoms with van der Waals surface area (Å²) >= 11 is 1.80. The van der Waals surface area contributed by atoms with Crippen LogP contribution in [0.2, 0.25) is 0 Å². The maximum Gasteiger partial charge on any atom is 0.191 e. The van der Waals surface area contributed by atoms with E-state index < -0.39 is 5.60 Å². The van der Waals surface area contributed by atoms with Gasteiger partial charge in [-0.2, -0.15) is 0 Å². The van der Waals surface area contributed by atoms with Gasteiger partial charge in [0.25, 0.3) is 0 Å². The van der Waals surface area contributed by atoms with Crippen LogP contribution in [0.1, 0.15) is 31.2 Å². The van der Waals surface area contributed by atoms with E-state index in [9.17, 15) is 5.11 Å². The highest BCUT2D eigenvalue weighted by atomic mass is 127. The molecule has 2 atom stereocenters. The number of aliphatic hydroxyl groups is 1. The van der Waals surface area contributed by atoms with Crippen molar-refractivity contribution in [3.05, 3.63) is 58.3 Å². The van der Waals surface area contributed by atoms with Crippen LogP contribution in [0.25, 0.3) is 0 Å². The van der Waals surface area contributed by atoms with Crippen LogP contribution < -0.4 is 10.6 Å². The number of thiophene rings is 1. The zero-order valence-corrected chi connectivity index (χ0v) is 18.9. The molecule has 26 heavy (non-hydrogen) atoms. The van der Waals surface area contributed by atoms with Gasteiger partial charge in [-0.05, 0) is 43.2 Å². The molecule has 2 unspecified atom stereocenters. The van der Waals surface area contributed by atoms with Crippen LogP contribution in [-0.2, 0) is 12.0 Å². The highest BCUT2D eigenvalue weighted by molar-refractivity contribution is 14.0. The van der Waals surface area contributed by atoms with Gasteiger partial charge in [-0.1, -0.05) is 43.3 Å². The summed E-state index contributed by atoms with van der Waals surface area (Å²) in [4.78, 5) is 5.98. The van der Waals surface area contributed by atoms with Gasteiger partial charge in [0, 0.05) is 18.0 Å². The number of nitrogens with one attached hydrogen (secondary N) is 2. The van der Waals surface area contributed by atoms with Crippen molar-refractivity contribution in [1.29, 1.82) is 0 Å². The van der Waals surface area contributed by atoms with Gasteiger partial charge in [-0.3, -0.25) is 0 Å². The van der Waals surface area contributed by atoms with Crippen LogP contribution in [0.4, 0.5) is 0 Å². The van der Waals surface area contributed by atoms with Gasteiger partial charge >= 0.3 is 0 Å². The van der Waals surface area contributed by atoms with E-state index in [1.54, 1.807) is 18.3 Å². The molecule has 2 aromatic rings. The summed E-state index contributed by atoms with van der Waals surface area (Å²) < 4.78 is 0. The first-order chi connectivity index (χ1) is 12.0. The first-order valence-corrected chi connectivity index (χ1v) is 9.71. The molecule has 0 saturated heterocycles. The Kier molecular flexibility index (Phi) is 10.2. The highest BCUT2D eigenvalue weighted by Crippen LogP contribution is 2.20. The lowest BCUT2D eigenvalue weighted by Gasteiger charge is -2.23. The Labute approximate surface area is 178 Å². The van der Waals surface area contributed by atoms with E-state index in [4.69, 9.17) is 0 Å². The van der Waals surface area contributed by atoms with Crippen LogP contribution in [0, 0.1) is 5.92 Å². The molecule has 2 rings (SSSR count). The third kappa shape index (κ3) is 7.63. The first kappa shape index (κ1) is 22.9. The number of nitrogens with zero attached hydrogens (tertiary/aromatic N) is 1. The van der Waals surface area contributed by atoms with Crippen LogP contribution >= 0.6 is 35.3 Å². The first-order valence-electron chi connectivity index (χ1n) is 8.83. The molecule has 1 heterocycles. The molecule has 1 aromatic carbocycles. The topological polar surface area (TPSA) is 56.7 Å². The maximum atomic E-state index is 10.7. The second-order valence-electron chi connectivity index (χ2n) is 6.60. The lowest BCUT2D eigenvalue weighted by molar-refractivity contribution is 0.0672. The fraction of sp³-hybridized carbons (Fsp3) is 0.450. The third-order valence-corrected chi connectivity index (χ3v) is 4.93. The molecule has 0 bridgehead atoms. The van der Waals surface area contributed by atoms with E-state index in [-0.39, 0.29) is 24.0 Å². The molecule has 4 nitrogen and oxygen atoms in total. The molecule has 1 aromatic heterocycles. The van der Waals surface area contributed by atoms with Crippen molar-refractivity contribution in [2.75, 3.05) is 19.6 Å². The number of hydrogen-bond acceptors (Lipinski definition) is 3. The molecular formula is C20H30IN3OS. The number of aliphatic imine (C=N–C) groups is 1. The fourth-order valence-corrected chi connectivity index (χ4v) is 3.45. The molecule has 0 aliphatic rings. The van der Waals surface area contributed by atoms with Crippen LogP contribution in [0.3, 0.4) is 0 Å². The summed E-state index contributed by atoms with van der Waals surface area (Å²) in [7, 11) is 0. The van der Waals surface area contributed by atoms with Crippen molar-refractivity contribution < 1.29 is 5.11 Å². The van der Waals surface area contributed by atoms with Crippen molar-refractivity contribution in [3.63, 3.8) is 0 Å². The van der Waals surface area contributed by atoms with Gasteiger partial charge in [-0.25, -0.2) is 4.99 Å². The molecule has 3 N–H and O–H groups in total. The van der Waals surface area contributed by atoms with E-state index in [1.165, 1.54) is 4.88 Å². The van der Waals surface area contributed by atoms with E-state index in [0.29, 0.717) is 12.5 Å². The van der Waals surface area contributed by atoms with E-state index in [2.05, 4.69) is 40.1 Å². The Hall–Kier alpha value is -1.12. The average Bonchev–Trinajstić information content (AvgIpc) is 3.11. The molecule has 0 spiro atoms. The smallest absolute Gasteiger partial charge is 0.191 e. The predicted molar refractivity (Wildman–Crippen MR) is 123 cm³/mol. The summed E-state index contributed by atoms with van der Waals surface area (Å²) in [6.45, 7) is 8.02. The third-order valence-electron chi connectivity index (χ3n) is 4.03. The molecule has 0 fully saturated rings. The minimum absolute atomic E-state index is 0. The number of halogens is 1. The molecule has 0 aliphatic heterocycles. The van der Waals surface area contributed by atoms with Gasteiger partial charge in [0.2, 0.25) is 0 Å². The molecule has 0 amide bonds. The van der Waals surface area contributed by atoms with E-state index in [1.807, 2.05) is 37.3 Å². The van der Waals surface area contributed by atoms with Crippen LogP contribution in [-0.4, -0.2) is 30.7 Å². The Balaban J connectivity index is 0.00000338. The zero-order valence-electron chi connectivity index (χ0n) is 15.7. The van der Waals surface area contributed by atoms with Gasteiger partial charge in [-0.15, -0.1) is 35.3 Å². The summed E-state index contributed by atoms with van der Waals surface area (Å²) in [5.41, 5.74) is -0.104. The number of benzene rings is 1. The van der Waals surface area contributed by atoms with Crippen molar-refractivity contribution in [3.8, 4) is 0 Å². The molecule has 144 valence electrons. The average molecular weight is 487 g/mol. The second-order valence-corrected chi connectivity index (χ2v) is 7.64. The quantitative estimate of drug-likeness (QED) is 0.300. The minimum Gasteiger partial charge on any atom is -0.384 e. The standard InChI is InChI=1S/C20H29N3OS.HI/c1-4-21-19(22-14-16(2)13-18-11-8-12-25-18)23-15-20(3,24)17-9-6-5-7-10-17;/h5-12,16,24H,4,13-15H2,1-3H3,(H2,21,22,23);1H. The van der Waals surface area contributed by atoms with Crippen LogP contribution in [0.15, 0.2) is 52.8 Å². The van der Waals surface area contributed by atoms with Crippen molar-refractivity contribution >= 4 is 41.3 Å².